The van der Waals surface area contributed by atoms with Crippen LogP contribution in [-0.2, 0) is 0 Å². The smallest absolute Gasteiger partial charge is 0.124 e. The van der Waals surface area contributed by atoms with E-state index in [9.17, 15) is 0 Å². The van der Waals surface area contributed by atoms with E-state index in [0.717, 1.165) is 22.7 Å². The maximum Gasteiger partial charge on any atom is 0.124 e. The second-order valence-electron chi connectivity index (χ2n) is 4.34. The van der Waals surface area contributed by atoms with Crippen LogP contribution in [0.5, 0.6) is 11.5 Å². The molecule has 0 amide bonds. The Kier molecular flexibility index (Phi) is 4.29. The molecule has 0 aromatic heterocycles. The molecule has 0 radical (unpaired) electrons. The molecule has 3 nitrogen and oxygen atoms in total. The molecule has 0 aliphatic heterocycles. The Bertz CT molecular complexity index is 523. The van der Waals surface area contributed by atoms with E-state index in [0.29, 0.717) is 0 Å². The van der Waals surface area contributed by atoms with Gasteiger partial charge in [0.15, 0.2) is 0 Å². The fourth-order valence-electron chi connectivity index (χ4n) is 2.04. The van der Waals surface area contributed by atoms with Gasteiger partial charge >= 0.3 is 0 Å². The maximum absolute atomic E-state index is 5.38. The van der Waals surface area contributed by atoms with Gasteiger partial charge in [-0.15, -0.1) is 0 Å². The maximum atomic E-state index is 5.38. The zero-order valence-electron chi connectivity index (χ0n) is 11.5. The van der Waals surface area contributed by atoms with Gasteiger partial charge in [0.2, 0.25) is 0 Å². The lowest BCUT2D eigenvalue weighted by Gasteiger charge is -2.18. The Morgan fingerprint density at radius 1 is 0.895 bits per heavy atom. The van der Waals surface area contributed by atoms with Crippen LogP contribution in [0.4, 0.5) is 5.69 Å². The van der Waals surface area contributed by atoms with Crippen molar-refractivity contribution < 1.29 is 9.47 Å². The minimum atomic E-state index is 0.171. The van der Waals surface area contributed by atoms with Crippen LogP contribution >= 0.6 is 0 Å². The number of benzene rings is 2. The summed E-state index contributed by atoms with van der Waals surface area (Å²) in [6.45, 7) is 2.11. The number of anilines is 1. The Balaban J connectivity index is 2.13. The summed E-state index contributed by atoms with van der Waals surface area (Å²) in [4.78, 5) is 0. The van der Waals surface area contributed by atoms with Gasteiger partial charge in [-0.25, -0.2) is 0 Å². The molecule has 1 atom stereocenters. The van der Waals surface area contributed by atoms with E-state index in [1.807, 2.05) is 42.5 Å². The highest BCUT2D eigenvalue weighted by molar-refractivity contribution is 5.49. The molecule has 0 saturated heterocycles. The third-order valence-electron chi connectivity index (χ3n) is 3.08. The first-order valence-corrected chi connectivity index (χ1v) is 6.28. The quantitative estimate of drug-likeness (QED) is 0.881. The van der Waals surface area contributed by atoms with E-state index in [1.165, 1.54) is 0 Å². The number of methoxy groups -OCH3 is 2. The highest BCUT2D eigenvalue weighted by Crippen LogP contribution is 2.27. The highest BCUT2D eigenvalue weighted by atomic mass is 16.5. The average molecular weight is 257 g/mol. The molecule has 0 saturated carbocycles. The molecule has 1 N–H and O–H groups in total. The minimum absolute atomic E-state index is 0.171. The zero-order chi connectivity index (χ0) is 13.7. The summed E-state index contributed by atoms with van der Waals surface area (Å²) in [5, 5.41) is 3.45. The molecule has 2 rings (SSSR count). The van der Waals surface area contributed by atoms with Gasteiger partial charge in [-0.2, -0.15) is 0 Å². The van der Waals surface area contributed by atoms with Crippen LogP contribution in [0.2, 0.25) is 0 Å². The Morgan fingerprint density at radius 2 is 1.58 bits per heavy atom. The van der Waals surface area contributed by atoms with Crippen molar-refractivity contribution in [3.05, 3.63) is 54.1 Å². The van der Waals surface area contributed by atoms with Gasteiger partial charge in [0.25, 0.3) is 0 Å². The van der Waals surface area contributed by atoms with Crippen molar-refractivity contribution in [2.45, 2.75) is 13.0 Å². The second kappa shape index (κ2) is 6.14. The number of rotatable bonds is 5. The van der Waals surface area contributed by atoms with Crippen LogP contribution < -0.4 is 14.8 Å². The van der Waals surface area contributed by atoms with Crippen LogP contribution in [-0.4, -0.2) is 14.2 Å². The normalized spacial score (nSPS) is 11.7. The van der Waals surface area contributed by atoms with Crippen LogP contribution in [0.1, 0.15) is 18.5 Å². The van der Waals surface area contributed by atoms with Crippen LogP contribution in [0.15, 0.2) is 48.5 Å². The topological polar surface area (TPSA) is 30.5 Å². The monoisotopic (exact) mass is 257 g/mol. The van der Waals surface area contributed by atoms with Gasteiger partial charge in [-0.3, -0.25) is 0 Å². The number of para-hydroxylation sites is 1. The van der Waals surface area contributed by atoms with Gasteiger partial charge in [0.1, 0.15) is 11.5 Å². The lowest BCUT2D eigenvalue weighted by atomic mass is 10.1. The van der Waals surface area contributed by atoms with Crippen LogP contribution in [0.3, 0.4) is 0 Å². The van der Waals surface area contributed by atoms with Crippen LogP contribution in [0.25, 0.3) is 0 Å². The first kappa shape index (κ1) is 13.3. The van der Waals surface area contributed by atoms with Crippen molar-refractivity contribution in [1.29, 1.82) is 0 Å². The van der Waals surface area contributed by atoms with E-state index in [-0.39, 0.29) is 6.04 Å². The van der Waals surface area contributed by atoms with Crippen LogP contribution in [0, 0.1) is 0 Å². The lowest BCUT2D eigenvalue weighted by Crippen LogP contribution is -2.08. The Labute approximate surface area is 114 Å². The highest BCUT2D eigenvalue weighted by Gasteiger charge is 2.10. The van der Waals surface area contributed by atoms with E-state index >= 15 is 0 Å². The fourth-order valence-corrected chi connectivity index (χ4v) is 2.04. The summed E-state index contributed by atoms with van der Waals surface area (Å²) < 4.78 is 10.5. The third kappa shape index (κ3) is 3.19. The molecule has 2 aromatic carbocycles. The van der Waals surface area contributed by atoms with Gasteiger partial charge in [-0.05, 0) is 37.3 Å². The standard InChI is InChI=1S/C16H19NO2/c1-12(15-6-4-5-7-16(15)19-3)17-13-8-10-14(18-2)11-9-13/h4-12,17H,1-3H3. The van der Waals surface area contributed by atoms with Gasteiger partial charge in [0, 0.05) is 11.3 Å². The van der Waals surface area contributed by atoms with Crippen molar-refractivity contribution in [3.63, 3.8) is 0 Å². The zero-order valence-corrected chi connectivity index (χ0v) is 11.5. The lowest BCUT2D eigenvalue weighted by molar-refractivity contribution is 0.408. The molecule has 1 unspecified atom stereocenters. The number of hydrogen-bond acceptors (Lipinski definition) is 3. The van der Waals surface area contributed by atoms with Crippen molar-refractivity contribution in [3.8, 4) is 11.5 Å². The summed E-state index contributed by atoms with van der Waals surface area (Å²) in [6.07, 6.45) is 0. The summed E-state index contributed by atoms with van der Waals surface area (Å²) in [7, 11) is 3.36. The Morgan fingerprint density at radius 3 is 2.21 bits per heavy atom. The summed E-state index contributed by atoms with van der Waals surface area (Å²) in [5.41, 5.74) is 2.19. The molecule has 0 bridgehead atoms. The van der Waals surface area contributed by atoms with E-state index in [1.54, 1.807) is 14.2 Å². The molecule has 0 fully saturated rings. The molecule has 100 valence electrons. The molecule has 0 aliphatic carbocycles. The molecule has 0 aliphatic rings. The first-order valence-electron chi connectivity index (χ1n) is 6.28. The molecule has 0 spiro atoms. The predicted molar refractivity (Wildman–Crippen MR) is 78.0 cm³/mol. The SMILES string of the molecule is COc1ccc(NC(C)c2ccccc2OC)cc1. The summed E-state index contributed by atoms with van der Waals surface area (Å²) >= 11 is 0. The number of hydrogen-bond donors (Lipinski definition) is 1. The van der Waals surface area contributed by atoms with E-state index in [4.69, 9.17) is 9.47 Å². The number of nitrogens with one attached hydrogen (secondary N) is 1. The minimum Gasteiger partial charge on any atom is -0.497 e. The van der Waals surface area contributed by atoms with Crippen molar-refractivity contribution >= 4 is 5.69 Å². The second-order valence-corrected chi connectivity index (χ2v) is 4.34. The largest absolute Gasteiger partial charge is 0.497 e. The molecule has 19 heavy (non-hydrogen) atoms. The van der Waals surface area contributed by atoms with Crippen molar-refractivity contribution in [1.82, 2.24) is 0 Å². The van der Waals surface area contributed by atoms with Gasteiger partial charge < -0.3 is 14.8 Å². The number of ether oxygens (including phenoxy) is 2. The molecular weight excluding hydrogens is 238 g/mol. The summed E-state index contributed by atoms with van der Waals surface area (Å²) in [5.74, 6) is 1.76. The fraction of sp³-hybridized carbons (Fsp3) is 0.250. The molecular formula is C16H19NO2. The van der Waals surface area contributed by atoms with Gasteiger partial charge in [0.05, 0.1) is 20.3 Å². The first-order chi connectivity index (χ1) is 9.24. The van der Waals surface area contributed by atoms with Crippen molar-refractivity contribution in [2.24, 2.45) is 0 Å². The predicted octanol–water partition coefficient (Wildman–Crippen LogP) is 3.88. The average Bonchev–Trinajstić information content (AvgIpc) is 2.48. The molecule has 2 aromatic rings. The van der Waals surface area contributed by atoms with E-state index in [2.05, 4.69) is 18.3 Å². The van der Waals surface area contributed by atoms with E-state index < -0.39 is 0 Å². The van der Waals surface area contributed by atoms with Gasteiger partial charge in [-0.1, -0.05) is 18.2 Å². The Hall–Kier alpha value is -2.16. The molecule has 3 heteroatoms. The molecule has 0 heterocycles. The third-order valence-corrected chi connectivity index (χ3v) is 3.08. The summed E-state index contributed by atoms with van der Waals surface area (Å²) in [6, 6.07) is 16.1. The van der Waals surface area contributed by atoms with Crippen molar-refractivity contribution in [2.75, 3.05) is 19.5 Å².